The molecule has 132 valence electrons. The van der Waals surface area contributed by atoms with Gasteiger partial charge < -0.3 is 15.2 Å². The van der Waals surface area contributed by atoms with Crippen molar-refractivity contribution in [3.63, 3.8) is 0 Å². The Bertz CT molecular complexity index is 807. The van der Waals surface area contributed by atoms with E-state index in [2.05, 4.69) is 27.9 Å². The number of nitrogens with one attached hydrogen (secondary N) is 1. The average Bonchev–Trinajstić information content (AvgIpc) is 2.59. The first-order valence-electron chi connectivity index (χ1n) is 7.79. The molecule has 0 aromatic heterocycles. The Morgan fingerprint density at radius 1 is 1.20 bits per heavy atom. The molecule has 0 amide bonds. The minimum Gasteiger partial charge on any atom is -0.506 e. The Hall–Kier alpha value is -0.940. The number of carbonyl (C=O) groups excluding carboxylic acids is 1. The fraction of sp³-hybridized carbons (Fsp3) is 0.278. The molecular weight excluding hydrogens is 551 g/mol. The van der Waals surface area contributed by atoms with E-state index >= 15 is 0 Å². The monoisotopic (exact) mass is 567 g/mol. The van der Waals surface area contributed by atoms with Crippen LogP contribution in [-0.4, -0.2) is 24.2 Å². The Labute approximate surface area is 172 Å². The van der Waals surface area contributed by atoms with Crippen LogP contribution in [0.15, 0.2) is 36.4 Å². The third-order valence-electron chi connectivity index (χ3n) is 4.30. The molecule has 2 aromatic rings. The number of benzene rings is 2. The van der Waals surface area contributed by atoms with Crippen LogP contribution in [0.3, 0.4) is 0 Å². The number of phenolic OH excluding ortho intramolecular Hbond substituents is 1. The number of phenols is 1. The summed E-state index contributed by atoms with van der Waals surface area (Å²) in [7, 11) is 0. The second kappa shape index (κ2) is 7.75. The van der Waals surface area contributed by atoms with Gasteiger partial charge in [-0.2, -0.15) is 0 Å². The van der Waals surface area contributed by atoms with Crippen LogP contribution in [0, 0.1) is 13.0 Å². The summed E-state index contributed by atoms with van der Waals surface area (Å²) in [5.41, 5.74) is -0.128. The fourth-order valence-electron chi connectivity index (χ4n) is 3.01. The molecule has 0 saturated carbocycles. The molecular formula is C18H16FI2NO3. The van der Waals surface area contributed by atoms with E-state index in [-0.39, 0.29) is 17.1 Å². The molecule has 1 saturated heterocycles. The molecule has 0 radical (unpaired) electrons. The van der Waals surface area contributed by atoms with Crippen molar-refractivity contribution in [2.24, 2.45) is 0 Å². The summed E-state index contributed by atoms with van der Waals surface area (Å²) in [5, 5.41) is 13.5. The van der Waals surface area contributed by atoms with Gasteiger partial charge in [-0.15, -0.1) is 0 Å². The molecule has 25 heavy (non-hydrogen) atoms. The van der Waals surface area contributed by atoms with E-state index < -0.39 is 11.6 Å². The van der Waals surface area contributed by atoms with Gasteiger partial charge in [0, 0.05) is 16.4 Å². The molecule has 0 atom stereocenters. The van der Waals surface area contributed by atoms with Gasteiger partial charge in [0.15, 0.2) is 0 Å². The first-order chi connectivity index (χ1) is 11.9. The van der Waals surface area contributed by atoms with Crippen LogP contribution in [0.2, 0.25) is 0 Å². The molecule has 4 nitrogen and oxygen atoms in total. The van der Waals surface area contributed by atoms with Gasteiger partial charge in [-0.3, -0.25) is 0 Å². The molecule has 2 N–H and O–H groups in total. The normalized spacial score (nSPS) is 16.4. The fourth-order valence-corrected chi connectivity index (χ4v) is 4.85. The second-order valence-corrected chi connectivity index (χ2v) is 8.34. The summed E-state index contributed by atoms with van der Waals surface area (Å²) in [4.78, 5) is 12.8. The van der Waals surface area contributed by atoms with Gasteiger partial charge in [0.2, 0.25) is 0 Å². The van der Waals surface area contributed by atoms with Crippen LogP contribution in [0.25, 0.3) is 0 Å². The lowest BCUT2D eigenvalue weighted by Crippen LogP contribution is -2.43. The third kappa shape index (κ3) is 4.08. The van der Waals surface area contributed by atoms with Crippen LogP contribution in [-0.2, 0) is 10.3 Å². The number of piperidine rings is 1. The molecule has 7 heteroatoms. The average molecular weight is 567 g/mol. The molecule has 0 spiro atoms. The topological polar surface area (TPSA) is 58.6 Å². The third-order valence-corrected chi connectivity index (χ3v) is 5.74. The summed E-state index contributed by atoms with van der Waals surface area (Å²) in [6.45, 7) is 1.33. The Kier molecular flexibility index (Phi) is 5.84. The van der Waals surface area contributed by atoms with Crippen LogP contribution in [0.4, 0.5) is 4.39 Å². The maximum Gasteiger partial charge on any atom is 0.342 e. The smallest absolute Gasteiger partial charge is 0.342 e. The Morgan fingerprint density at radius 2 is 1.92 bits per heavy atom. The van der Waals surface area contributed by atoms with E-state index in [1.807, 2.05) is 22.6 Å². The minimum atomic E-state index is -0.899. The van der Waals surface area contributed by atoms with Crippen LogP contribution in [0.5, 0.6) is 5.75 Å². The van der Waals surface area contributed by atoms with E-state index in [0.717, 1.165) is 3.57 Å². The highest BCUT2D eigenvalue weighted by molar-refractivity contribution is 14.1. The highest BCUT2D eigenvalue weighted by atomic mass is 127. The maximum atomic E-state index is 13.7. The van der Waals surface area contributed by atoms with Gasteiger partial charge in [-0.25, -0.2) is 9.18 Å². The number of carbonyl (C=O) groups is 1. The van der Waals surface area contributed by atoms with Crippen LogP contribution < -0.4 is 5.32 Å². The molecule has 1 fully saturated rings. The number of hydrogen-bond acceptors (Lipinski definition) is 4. The molecule has 2 aromatic carbocycles. The lowest BCUT2D eigenvalue weighted by molar-refractivity contribution is -0.0382. The highest BCUT2D eigenvalue weighted by Gasteiger charge is 2.39. The van der Waals surface area contributed by atoms with Crippen molar-refractivity contribution in [1.82, 2.24) is 5.32 Å². The van der Waals surface area contributed by atoms with Crippen molar-refractivity contribution in [1.29, 1.82) is 0 Å². The number of rotatable bonds is 3. The molecule has 0 bridgehead atoms. The van der Waals surface area contributed by atoms with E-state index in [9.17, 15) is 14.3 Å². The number of ether oxygens (including phenoxy) is 1. The molecule has 1 aliphatic rings. The number of esters is 1. The predicted octanol–water partition coefficient (Wildman–Crippen LogP) is 4.18. The van der Waals surface area contributed by atoms with E-state index in [4.69, 9.17) is 4.74 Å². The van der Waals surface area contributed by atoms with Crippen molar-refractivity contribution in [3.8, 4) is 5.75 Å². The van der Waals surface area contributed by atoms with Crippen LogP contribution >= 0.6 is 45.2 Å². The first kappa shape index (κ1) is 18.8. The largest absolute Gasteiger partial charge is 0.506 e. The van der Waals surface area contributed by atoms with Gasteiger partial charge >= 0.3 is 5.97 Å². The minimum absolute atomic E-state index is 0.0886. The SMILES string of the molecule is O=C(OC1(c2cccc(F)c2)CCNCC1)c1cc(I)cc(I)c1O. The zero-order chi connectivity index (χ0) is 18.0. The summed E-state index contributed by atoms with van der Waals surface area (Å²) in [6, 6.07) is 9.56. The highest BCUT2D eigenvalue weighted by Crippen LogP contribution is 2.37. The zero-order valence-electron chi connectivity index (χ0n) is 13.2. The van der Waals surface area contributed by atoms with Crippen molar-refractivity contribution < 1.29 is 19.0 Å². The quantitative estimate of drug-likeness (QED) is 0.432. The van der Waals surface area contributed by atoms with Crippen molar-refractivity contribution in [2.45, 2.75) is 18.4 Å². The van der Waals surface area contributed by atoms with Gasteiger partial charge in [0.05, 0.1) is 3.57 Å². The lowest BCUT2D eigenvalue weighted by atomic mass is 9.84. The number of hydrogen-bond donors (Lipinski definition) is 2. The van der Waals surface area contributed by atoms with Gasteiger partial charge in [-0.1, -0.05) is 12.1 Å². The van der Waals surface area contributed by atoms with Gasteiger partial charge in [0.1, 0.15) is 22.7 Å². The molecule has 1 heterocycles. The molecule has 1 aliphatic heterocycles. The Morgan fingerprint density at radius 3 is 2.60 bits per heavy atom. The summed E-state index contributed by atoms with van der Waals surface area (Å²) in [6.07, 6.45) is 1.09. The predicted molar refractivity (Wildman–Crippen MR) is 109 cm³/mol. The number of aromatic hydroxyl groups is 1. The van der Waals surface area contributed by atoms with Crippen molar-refractivity contribution >= 4 is 51.2 Å². The Balaban J connectivity index is 1.98. The van der Waals surface area contributed by atoms with Gasteiger partial charge in [-0.05, 0) is 88.1 Å². The molecule has 0 unspecified atom stereocenters. The van der Waals surface area contributed by atoms with E-state index in [1.54, 1.807) is 24.3 Å². The zero-order valence-corrected chi connectivity index (χ0v) is 17.5. The number of halogens is 3. The van der Waals surface area contributed by atoms with Crippen molar-refractivity contribution in [3.05, 3.63) is 60.5 Å². The molecule has 3 rings (SSSR count). The van der Waals surface area contributed by atoms with Crippen molar-refractivity contribution in [2.75, 3.05) is 13.1 Å². The molecule has 0 aliphatic carbocycles. The first-order valence-corrected chi connectivity index (χ1v) is 9.95. The van der Waals surface area contributed by atoms with Crippen LogP contribution in [0.1, 0.15) is 28.8 Å². The summed E-state index contributed by atoms with van der Waals surface area (Å²) >= 11 is 4.07. The van der Waals surface area contributed by atoms with E-state index in [0.29, 0.717) is 35.1 Å². The second-order valence-electron chi connectivity index (χ2n) is 5.93. The summed E-state index contributed by atoms with van der Waals surface area (Å²) in [5.74, 6) is -1.05. The van der Waals surface area contributed by atoms with E-state index in [1.165, 1.54) is 12.1 Å². The maximum absolute atomic E-state index is 13.7. The standard InChI is InChI=1S/C18H16FI2NO3/c19-12-3-1-2-11(8-12)18(4-6-22-7-5-18)25-17(24)14-9-13(20)10-15(21)16(14)23/h1-3,8-10,22-23H,4-7H2. The summed E-state index contributed by atoms with van der Waals surface area (Å²) < 4.78 is 21.0. The lowest BCUT2D eigenvalue weighted by Gasteiger charge is -2.37. The van der Waals surface area contributed by atoms with Gasteiger partial charge in [0.25, 0.3) is 0 Å².